The number of amides is 1. The highest BCUT2D eigenvalue weighted by atomic mass is 16.4. The van der Waals surface area contributed by atoms with Gasteiger partial charge in [-0.3, -0.25) is 14.3 Å². The van der Waals surface area contributed by atoms with E-state index in [4.69, 9.17) is 5.11 Å². The molecule has 0 bridgehead atoms. The molecule has 6 nitrogen and oxygen atoms in total. The molecule has 0 aromatic carbocycles. The second-order valence-corrected chi connectivity index (χ2v) is 4.92. The first-order valence-corrected chi connectivity index (χ1v) is 6.43. The molecule has 6 heteroatoms. The summed E-state index contributed by atoms with van der Waals surface area (Å²) >= 11 is 0. The van der Waals surface area contributed by atoms with Gasteiger partial charge in [-0.25, -0.2) is 0 Å². The van der Waals surface area contributed by atoms with Crippen molar-refractivity contribution in [2.24, 2.45) is 13.0 Å². The average Bonchev–Trinajstić information content (AvgIpc) is 2.75. The zero-order valence-corrected chi connectivity index (χ0v) is 11.6. The molecule has 2 N–H and O–H groups in total. The Morgan fingerprint density at radius 1 is 1.42 bits per heavy atom. The fraction of sp³-hybridized carbons (Fsp3) is 0.615. The van der Waals surface area contributed by atoms with Crippen LogP contribution in [0.4, 0.5) is 0 Å². The summed E-state index contributed by atoms with van der Waals surface area (Å²) in [6.45, 7) is 3.60. The Balaban J connectivity index is 2.29. The third kappa shape index (κ3) is 5.11. The summed E-state index contributed by atoms with van der Waals surface area (Å²) in [7, 11) is 1.76. The molecular formula is C13H21N3O3. The van der Waals surface area contributed by atoms with Crippen LogP contribution >= 0.6 is 0 Å². The second-order valence-electron chi connectivity index (χ2n) is 4.92. The Labute approximate surface area is 112 Å². The van der Waals surface area contributed by atoms with Gasteiger partial charge in [0.25, 0.3) is 5.91 Å². The molecule has 1 heterocycles. The van der Waals surface area contributed by atoms with E-state index in [0.29, 0.717) is 12.1 Å². The average molecular weight is 267 g/mol. The molecule has 19 heavy (non-hydrogen) atoms. The summed E-state index contributed by atoms with van der Waals surface area (Å²) in [6.07, 6.45) is 3.88. The lowest BCUT2D eigenvalue weighted by Gasteiger charge is -2.13. The van der Waals surface area contributed by atoms with Gasteiger partial charge in [-0.1, -0.05) is 13.3 Å². The van der Waals surface area contributed by atoms with Crippen molar-refractivity contribution in [1.29, 1.82) is 0 Å². The van der Waals surface area contributed by atoms with Gasteiger partial charge < -0.3 is 10.4 Å². The highest BCUT2D eigenvalue weighted by Gasteiger charge is 2.14. The van der Waals surface area contributed by atoms with E-state index in [1.54, 1.807) is 30.9 Å². The summed E-state index contributed by atoms with van der Waals surface area (Å²) in [4.78, 5) is 22.5. The lowest BCUT2D eigenvalue weighted by Crippen LogP contribution is -2.33. The van der Waals surface area contributed by atoms with Crippen molar-refractivity contribution in [3.63, 3.8) is 0 Å². The number of hydrogen-bond donors (Lipinski definition) is 2. The predicted molar refractivity (Wildman–Crippen MR) is 70.8 cm³/mol. The number of hydrogen-bond acceptors (Lipinski definition) is 3. The molecule has 1 aromatic heterocycles. The number of nitrogens with one attached hydrogen (secondary N) is 1. The lowest BCUT2D eigenvalue weighted by molar-refractivity contribution is -0.141. The van der Waals surface area contributed by atoms with Crippen LogP contribution in [0.5, 0.6) is 0 Å². The molecule has 1 amide bonds. The molecule has 0 spiro atoms. The van der Waals surface area contributed by atoms with Crippen LogP contribution in [0.3, 0.4) is 0 Å². The van der Waals surface area contributed by atoms with Crippen molar-refractivity contribution in [2.75, 3.05) is 0 Å². The van der Waals surface area contributed by atoms with E-state index >= 15 is 0 Å². The van der Waals surface area contributed by atoms with Gasteiger partial charge in [0.1, 0.15) is 5.69 Å². The molecule has 2 atom stereocenters. The molecule has 106 valence electrons. The van der Waals surface area contributed by atoms with Crippen LogP contribution in [0, 0.1) is 5.92 Å². The first-order chi connectivity index (χ1) is 8.90. The van der Waals surface area contributed by atoms with Crippen molar-refractivity contribution >= 4 is 11.9 Å². The fourth-order valence-corrected chi connectivity index (χ4v) is 1.76. The van der Waals surface area contributed by atoms with Gasteiger partial charge in [0.15, 0.2) is 0 Å². The molecular weight excluding hydrogens is 246 g/mol. The summed E-state index contributed by atoms with van der Waals surface area (Å²) in [5.41, 5.74) is 0.397. The van der Waals surface area contributed by atoms with Gasteiger partial charge in [0.05, 0.1) is 5.92 Å². The molecule has 1 aromatic rings. The maximum absolute atomic E-state index is 11.8. The first kappa shape index (κ1) is 15.2. The molecule has 0 radical (unpaired) electrons. The zero-order valence-electron chi connectivity index (χ0n) is 11.6. The quantitative estimate of drug-likeness (QED) is 0.782. The van der Waals surface area contributed by atoms with Crippen LogP contribution in [0.25, 0.3) is 0 Å². The number of nitrogens with zero attached hydrogens (tertiary/aromatic N) is 2. The molecule has 0 saturated carbocycles. The minimum absolute atomic E-state index is 0.00972. The zero-order chi connectivity index (χ0) is 14.4. The number of aliphatic carboxylic acids is 1. The van der Waals surface area contributed by atoms with Gasteiger partial charge in [0.2, 0.25) is 0 Å². The SMILES string of the molecule is CC(CCCC(C)C(=O)O)NC(=O)c1ccn(C)n1. The topological polar surface area (TPSA) is 84.2 Å². The fourth-order valence-electron chi connectivity index (χ4n) is 1.76. The minimum Gasteiger partial charge on any atom is -0.481 e. The van der Waals surface area contributed by atoms with Crippen LogP contribution in [-0.4, -0.2) is 32.8 Å². The third-order valence-corrected chi connectivity index (χ3v) is 3.02. The Morgan fingerprint density at radius 3 is 2.63 bits per heavy atom. The molecule has 0 fully saturated rings. The van der Waals surface area contributed by atoms with E-state index < -0.39 is 5.97 Å². The smallest absolute Gasteiger partial charge is 0.306 e. The van der Waals surface area contributed by atoms with Gasteiger partial charge in [-0.15, -0.1) is 0 Å². The maximum atomic E-state index is 11.8. The standard InChI is InChI=1S/C13H21N3O3/c1-9(13(18)19)5-4-6-10(2)14-12(17)11-7-8-16(3)15-11/h7-10H,4-6H2,1-3H3,(H,14,17)(H,18,19). The Morgan fingerprint density at radius 2 is 2.11 bits per heavy atom. The highest BCUT2D eigenvalue weighted by molar-refractivity contribution is 5.92. The van der Waals surface area contributed by atoms with Crippen LogP contribution in [-0.2, 0) is 11.8 Å². The van der Waals surface area contributed by atoms with Crippen LogP contribution in [0.2, 0.25) is 0 Å². The van der Waals surface area contributed by atoms with Crippen molar-refractivity contribution in [3.8, 4) is 0 Å². The van der Waals surface area contributed by atoms with Crippen LogP contribution in [0.15, 0.2) is 12.3 Å². The normalized spacial score (nSPS) is 13.8. The number of carbonyl (C=O) groups excluding carboxylic acids is 1. The molecule has 1 rings (SSSR count). The number of carboxylic acid groups (broad SMARTS) is 1. The van der Waals surface area contributed by atoms with Crippen molar-refractivity contribution < 1.29 is 14.7 Å². The van der Waals surface area contributed by atoms with Crippen molar-refractivity contribution in [3.05, 3.63) is 18.0 Å². The highest BCUT2D eigenvalue weighted by Crippen LogP contribution is 2.09. The second kappa shape index (κ2) is 6.92. The summed E-state index contributed by atoms with van der Waals surface area (Å²) in [5, 5.41) is 15.6. The van der Waals surface area contributed by atoms with E-state index in [0.717, 1.165) is 12.8 Å². The molecule has 0 aliphatic heterocycles. The maximum Gasteiger partial charge on any atom is 0.306 e. The van der Waals surface area contributed by atoms with E-state index in [2.05, 4.69) is 10.4 Å². The largest absolute Gasteiger partial charge is 0.481 e. The van der Waals surface area contributed by atoms with E-state index in [1.165, 1.54) is 0 Å². The van der Waals surface area contributed by atoms with Crippen molar-refractivity contribution in [1.82, 2.24) is 15.1 Å². The van der Waals surface area contributed by atoms with E-state index in [1.807, 2.05) is 6.92 Å². The predicted octanol–water partition coefficient (Wildman–Crippen LogP) is 1.43. The Bertz CT molecular complexity index is 442. The third-order valence-electron chi connectivity index (χ3n) is 3.02. The number of carboxylic acids is 1. The van der Waals surface area contributed by atoms with E-state index in [9.17, 15) is 9.59 Å². The van der Waals surface area contributed by atoms with Gasteiger partial charge in [0, 0.05) is 19.3 Å². The van der Waals surface area contributed by atoms with Crippen LogP contribution < -0.4 is 5.32 Å². The number of aryl methyl sites for hydroxylation is 1. The lowest BCUT2D eigenvalue weighted by atomic mass is 10.0. The molecule has 2 unspecified atom stereocenters. The number of aromatic nitrogens is 2. The van der Waals surface area contributed by atoms with Crippen molar-refractivity contribution in [2.45, 2.75) is 39.2 Å². The molecule has 0 aliphatic rings. The Kier molecular flexibility index (Phi) is 5.54. The number of rotatable bonds is 7. The minimum atomic E-state index is -0.773. The Hall–Kier alpha value is -1.85. The van der Waals surface area contributed by atoms with Crippen LogP contribution in [0.1, 0.15) is 43.6 Å². The molecule has 0 aliphatic carbocycles. The van der Waals surface area contributed by atoms with E-state index in [-0.39, 0.29) is 17.9 Å². The van der Waals surface area contributed by atoms with Gasteiger partial charge in [-0.05, 0) is 25.8 Å². The summed E-state index contributed by atoms with van der Waals surface area (Å²) in [6, 6.07) is 1.67. The van der Waals surface area contributed by atoms with Gasteiger partial charge >= 0.3 is 5.97 Å². The molecule has 0 saturated heterocycles. The summed E-state index contributed by atoms with van der Waals surface area (Å²) < 4.78 is 1.58. The number of carbonyl (C=O) groups is 2. The van der Waals surface area contributed by atoms with Gasteiger partial charge in [-0.2, -0.15) is 5.10 Å². The first-order valence-electron chi connectivity index (χ1n) is 6.43. The monoisotopic (exact) mass is 267 g/mol. The summed E-state index contributed by atoms with van der Waals surface area (Å²) in [5.74, 6) is -1.30.